The van der Waals surface area contributed by atoms with Crippen LogP contribution in [-0.4, -0.2) is 19.0 Å². The Kier molecular flexibility index (Phi) is 5.88. The third-order valence-corrected chi connectivity index (χ3v) is 3.49. The number of carbonyl (C=O) groups is 2. The second kappa shape index (κ2) is 8.10. The van der Waals surface area contributed by atoms with E-state index in [1.54, 1.807) is 0 Å². The van der Waals surface area contributed by atoms with E-state index in [2.05, 4.69) is 16.0 Å². The quantitative estimate of drug-likeness (QED) is 0.793. The lowest BCUT2D eigenvalue weighted by Gasteiger charge is -2.18. The first-order valence-electron chi connectivity index (χ1n) is 7.46. The maximum Gasteiger partial charge on any atom is 0.321 e. The van der Waals surface area contributed by atoms with Crippen LogP contribution in [0.1, 0.15) is 22.7 Å². The van der Waals surface area contributed by atoms with E-state index in [1.807, 2.05) is 61.5 Å². The second-order valence-electron chi connectivity index (χ2n) is 5.28. The van der Waals surface area contributed by atoms with Crippen LogP contribution in [0.25, 0.3) is 0 Å². The molecule has 0 aliphatic carbocycles. The molecule has 2 aromatic rings. The van der Waals surface area contributed by atoms with E-state index < -0.39 is 12.1 Å². The highest BCUT2D eigenvalue weighted by Gasteiger charge is 2.21. The smallest absolute Gasteiger partial charge is 0.321 e. The van der Waals surface area contributed by atoms with Crippen LogP contribution in [0.2, 0.25) is 0 Å². The third kappa shape index (κ3) is 4.93. The van der Waals surface area contributed by atoms with E-state index in [1.165, 1.54) is 12.6 Å². The molecule has 0 unspecified atom stereocenters. The molecule has 0 spiro atoms. The Morgan fingerprint density at radius 1 is 1.00 bits per heavy atom. The number of amides is 3. The lowest BCUT2D eigenvalue weighted by Crippen LogP contribution is -2.43. The van der Waals surface area contributed by atoms with Gasteiger partial charge < -0.3 is 5.32 Å². The van der Waals surface area contributed by atoms with Gasteiger partial charge in [0.2, 0.25) is 5.91 Å². The van der Waals surface area contributed by atoms with E-state index in [0.717, 1.165) is 11.1 Å². The molecule has 120 valence electrons. The van der Waals surface area contributed by atoms with Crippen molar-refractivity contribution in [2.45, 2.75) is 19.5 Å². The zero-order chi connectivity index (χ0) is 16.7. The summed E-state index contributed by atoms with van der Waals surface area (Å²) in [5.41, 5.74) is 3.07. The van der Waals surface area contributed by atoms with Crippen molar-refractivity contribution in [3.63, 3.8) is 0 Å². The van der Waals surface area contributed by atoms with Gasteiger partial charge >= 0.3 is 6.03 Å². The lowest BCUT2D eigenvalue weighted by atomic mass is 10.1. The van der Waals surface area contributed by atoms with E-state index >= 15 is 0 Å². The summed E-state index contributed by atoms with van der Waals surface area (Å²) in [6, 6.07) is 16.3. The summed E-state index contributed by atoms with van der Waals surface area (Å²) in [7, 11) is 1.47. The van der Waals surface area contributed by atoms with Crippen LogP contribution in [0.4, 0.5) is 4.79 Å². The minimum atomic E-state index is -0.602. The number of nitrogens with one attached hydrogen (secondary N) is 3. The maximum atomic E-state index is 12.4. The molecule has 5 nitrogen and oxygen atoms in total. The van der Waals surface area contributed by atoms with Crippen molar-refractivity contribution in [1.82, 2.24) is 16.0 Å². The van der Waals surface area contributed by atoms with Crippen molar-refractivity contribution >= 4 is 11.9 Å². The number of urea groups is 1. The highest BCUT2D eigenvalue weighted by molar-refractivity contribution is 5.97. The fraction of sp³-hybridized carbons (Fsp3) is 0.222. The first-order chi connectivity index (χ1) is 11.1. The average molecular weight is 311 g/mol. The number of hydrogen-bond acceptors (Lipinski definition) is 3. The zero-order valence-corrected chi connectivity index (χ0v) is 13.3. The van der Waals surface area contributed by atoms with Crippen molar-refractivity contribution < 1.29 is 9.59 Å². The molecule has 0 saturated carbocycles. The summed E-state index contributed by atoms with van der Waals surface area (Å²) in [6.07, 6.45) is 0. The number of carbonyl (C=O) groups excluding carboxylic acids is 2. The highest BCUT2D eigenvalue weighted by Crippen LogP contribution is 2.14. The molecular formula is C18H21N3O2. The van der Waals surface area contributed by atoms with Gasteiger partial charge in [0, 0.05) is 13.6 Å². The highest BCUT2D eigenvalue weighted by atomic mass is 16.2. The van der Waals surface area contributed by atoms with Gasteiger partial charge in [-0.1, -0.05) is 60.2 Å². The van der Waals surface area contributed by atoms with Gasteiger partial charge in [0.05, 0.1) is 0 Å². The van der Waals surface area contributed by atoms with Gasteiger partial charge in [-0.15, -0.1) is 0 Å². The molecule has 1 atom stereocenters. The summed E-state index contributed by atoms with van der Waals surface area (Å²) >= 11 is 0. The van der Waals surface area contributed by atoms with E-state index in [4.69, 9.17) is 0 Å². The number of aryl methyl sites for hydroxylation is 1. The molecule has 2 rings (SSSR count). The summed E-state index contributed by atoms with van der Waals surface area (Å²) in [4.78, 5) is 23.8. The predicted octanol–water partition coefficient (Wildman–Crippen LogP) is 2.28. The SMILES string of the molecule is CNC(=O)NC(=O)[C@H](NCc1ccc(C)cc1)c1ccccc1. The molecule has 5 heteroatoms. The molecule has 3 amide bonds. The van der Waals surface area contributed by atoms with Gasteiger partial charge in [0.15, 0.2) is 0 Å². The molecule has 0 radical (unpaired) electrons. The molecular weight excluding hydrogens is 290 g/mol. The Morgan fingerprint density at radius 2 is 1.65 bits per heavy atom. The van der Waals surface area contributed by atoms with Crippen molar-refractivity contribution in [2.75, 3.05) is 7.05 Å². The van der Waals surface area contributed by atoms with Gasteiger partial charge in [0.25, 0.3) is 0 Å². The molecule has 0 bridgehead atoms. The second-order valence-corrected chi connectivity index (χ2v) is 5.28. The van der Waals surface area contributed by atoms with Crippen LogP contribution in [0.5, 0.6) is 0 Å². The minimum Gasteiger partial charge on any atom is -0.341 e. The standard InChI is InChI=1S/C18H21N3O2/c1-13-8-10-14(11-9-13)12-20-16(15-6-4-3-5-7-15)17(22)21-18(23)19-2/h3-11,16,20H,12H2,1-2H3,(H2,19,21,22,23)/t16-/m1/s1. The van der Waals surface area contributed by atoms with Gasteiger partial charge in [-0.2, -0.15) is 0 Å². The topological polar surface area (TPSA) is 70.2 Å². The first-order valence-corrected chi connectivity index (χ1v) is 7.46. The Labute approximate surface area is 136 Å². The maximum absolute atomic E-state index is 12.4. The van der Waals surface area contributed by atoms with Gasteiger partial charge in [-0.3, -0.25) is 15.4 Å². The van der Waals surface area contributed by atoms with Crippen molar-refractivity contribution in [3.8, 4) is 0 Å². The van der Waals surface area contributed by atoms with E-state index in [-0.39, 0.29) is 5.91 Å². The Balaban J connectivity index is 2.11. The molecule has 0 aromatic heterocycles. The number of imide groups is 1. The average Bonchev–Trinajstić information content (AvgIpc) is 2.57. The molecule has 0 heterocycles. The van der Waals surface area contributed by atoms with Gasteiger partial charge in [-0.25, -0.2) is 4.79 Å². The van der Waals surface area contributed by atoms with Gasteiger partial charge in [0.1, 0.15) is 6.04 Å². The normalized spacial score (nSPS) is 11.6. The van der Waals surface area contributed by atoms with Crippen molar-refractivity contribution in [3.05, 3.63) is 71.3 Å². The van der Waals surface area contributed by atoms with Crippen molar-refractivity contribution in [2.24, 2.45) is 0 Å². The van der Waals surface area contributed by atoms with E-state index in [0.29, 0.717) is 6.54 Å². The third-order valence-electron chi connectivity index (χ3n) is 3.49. The predicted molar refractivity (Wildman–Crippen MR) is 89.8 cm³/mol. The first kappa shape index (κ1) is 16.7. The van der Waals surface area contributed by atoms with Crippen LogP contribution in [0.15, 0.2) is 54.6 Å². The summed E-state index contributed by atoms with van der Waals surface area (Å²) in [5.74, 6) is -0.386. The molecule has 0 fully saturated rings. The Bertz CT molecular complexity index is 654. The fourth-order valence-corrected chi connectivity index (χ4v) is 2.18. The fourth-order valence-electron chi connectivity index (χ4n) is 2.18. The van der Waals surface area contributed by atoms with Crippen LogP contribution >= 0.6 is 0 Å². The molecule has 0 saturated heterocycles. The number of hydrogen-bond donors (Lipinski definition) is 3. The summed E-state index contributed by atoms with van der Waals surface area (Å²) < 4.78 is 0. The molecule has 3 N–H and O–H groups in total. The number of benzene rings is 2. The minimum absolute atomic E-state index is 0.386. The summed E-state index contributed by atoms with van der Waals surface area (Å²) in [6.45, 7) is 2.56. The molecule has 0 aliphatic rings. The molecule has 23 heavy (non-hydrogen) atoms. The number of rotatable bonds is 5. The van der Waals surface area contributed by atoms with Crippen LogP contribution < -0.4 is 16.0 Å². The van der Waals surface area contributed by atoms with Gasteiger partial charge in [-0.05, 0) is 18.1 Å². The Morgan fingerprint density at radius 3 is 2.26 bits per heavy atom. The van der Waals surface area contributed by atoms with Crippen LogP contribution in [-0.2, 0) is 11.3 Å². The van der Waals surface area contributed by atoms with Crippen LogP contribution in [0.3, 0.4) is 0 Å². The summed E-state index contributed by atoms with van der Waals surface area (Å²) in [5, 5.41) is 7.91. The largest absolute Gasteiger partial charge is 0.341 e. The zero-order valence-electron chi connectivity index (χ0n) is 13.3. The van der Waals surface area contributed by atoms with Crippen molar-refractivity contribution in [1.29, 1.82) is 0 Å². The molecule has 2 aromatic carbocycles. The Hall–Kier alpha value is -2.66. The lowest BCUT2D eigenvalue weighted by molar-refractivity contribution is -0.122. The van der Waals surface area contributed by atoms with E-state index in [9.17, 15) is 9.59 Å². The molecule has 0 aliphatic heterocycles. The monoisotopic (exact) mass is 311 g/mol. The van der Waals surface area contributed by atoms with Crippen LogP contribution in [0, 0.1) is 6.92 Å².